The highest BCUT2D eigenvalue weighted by Gasteiger charge is 2.35. The number of phenols is 1. The van der Waals surface area contributed by atoms with Crippen molar-refractivity contribution in [3.8, 4) is 17.2 Å². The number of hydrogen-bond donors (Lipinski definition) is 1. The van der Waals surface area contributed by atoms with Crippen LogP contribution in [0.4, 0.5) is 0 Å². The molecule has 1 aliphatic rings. The first-order chi connectivity index (χ1) is 16.8. The van der Waals surface area contributed by atoms with Gasteiger partial charge in [0.15, 0.2) is 16.3 Å². The highest BCUT2D eigenvalue weighted by molar-refractivity contribution is 9.10. The van der Waals surface area contributed by atoms with Gasteiger partial charge in [0.2, 0.25) is 0 Å². The number of halogens is 1. The number of rotatable bonds is 6. The van der Waals surface area contributed by atoms with Crippen LogP contribution < -0.4 is 24.4 Å². The Labute approximate surface area is 213 Å². The maximum atomic E-state index is 13.7. The molecule has 0 fully saturated rings. The molecule has 0 aliphatic carbocycles. The van der Waals surface area contributed by atoms with Crippen LogP contribution in [0.25, 0.3) is 6.08 Å². The molecule has 1 atom stereocenters. The van der Waals surface area contributed by atoms with Gasteiger partial charge in [0.25, 0.3) is 5.56 Å². The van der Waals surface area contributed by atoms with Gasteiger partial charge in [-0.3, -0.25) is 9.36 Å². The number of esters is 1. The average molecular weight is 559 g/mol. The summed E-state index contributed by atoms with van der Waals surface area (Å²) in [7, 11) is 3.04. The molecule has 8 nitrogen and oxygen atoms in total. The minimum Gasteiger partial charge on any atom is -0.507 e. The van der Waals surface area contributed by atoms with Crippen LogP contribution in [0.1, 0.15) is 31.0 Å². The van der Waals surface area contributed by atoms with E-state index in [0.717, 1.165) is 0 Å². The Morgan fingerprint density at radius 3 is 2.57 bits per heavy atom. The van der Waals surface area contributed by atoms with Crippen molar-refractivity contribution in [2.45, 2.75) is 19.9 Å². The molecule has 4 rings (SSSR count). The second-order valence-electron chi connectivity index (χ2n) is 7.59. The van der Waals surface area contributed by atoms with Gasteiger partial charge in [-0.25, -0.2) is 9.79 Å². The molecule has 0 spiro atoms. The number of fused-ring (bicyclic) bond motifs is 1. The van der Waals surface area contributed by atoms with E-state index in [1.54, 1.807) is 56.3 Å². The predicted molar refractivity (Wildman–Crippen MR) is 136 cm³/mol. The summed E-state index contributed by atoms with van der Waals surface area (Å²) < 4.78 is 18.7. The second-order valence-corrected chi connectivity index (χ2v) is 9.45. The van der Waals surface area contributed by atoms with Gasteiger partial charge < -0.3 is 19.3 Å². The van der Waals surface area contributed by atoms with Crippen molar-refractivity contribution >= 4 is 39.3 Å². The molecule has 1 N–H and O–H groups in total. The predicted octanol–water partition coefficient (Wildman–Crippen LogP) is 3.28. The zero-order chi connectivity index (χ0) is 25.3. The first-order valence-electron chi connectivity index (χ1n) is 10.7. The van der Waals surface area contributed by atoms with Gasteiger partial charge in [0.1, 0.15) is 5.75 Å². The number of hydrogen-bond acceptors (Lipinski definition) is 8. The molecule has 2 heterocycles. The molecule has 0 radical (unpaired) electrons. The summed E-state index contributed by atoms with van der Waals surface area (Å²) >= 11 is 4.75. The van der Waals surface area contributed by atoms with E-state index in [1.165, 1.54) is 30.1 Å². The highest BCUT2D eigenvalue weighted by atomic mass is 79.9. The molecule has 35 heavy (non-hydrogen) atoms. The Bertz CT molecular complexity index is 1520. The fourth-order valence-corrected chi connectivity index (χ4v) is 5.49. The molecular weight excluding hydrogens is 536 g/mol. The zero-order valence-electron chi connectivity index (χ0n) is 19.5. The lowest BCUT2D eigenvalue weighted by Gasteiger charge is -2.26. The summed E-state index contributed by atoms with van der Waals surface area (Å²) in [5.41, 5.74) is 1.46. The van der Waals surface area contributed by atoms with Gasteiger partial charge in [0, 0.05) is 10.0 Å². The fourth-order valence-electron chi connectivity index (χ4n) is 3.92. The van der Waals surface area contributed by atoms with E-state index < -0.39 is 12.0 Å². The second kappa shape index (κ2) is 10.1. The van der Waals surface area contributed by atoms with Crippen molar-refractivity contribution < 1.29 is 24.1 Å². The van der Waals surface area contributed by atoms with Gasteiger partial charge in [-0.1, -0.05) is 45.5 Å². The summed E-state index contributed by atoms with van der Waals surface area (Å²) in [4.78, 5) is 31.8. The number of nitrogens with zero attached hydrogens (tertiary/aromatic N) is 2. The monoisotopic (exact) mass is 558 g/mol. The van der Waals surface area contributed by atoms with Crippen LogP contribution in [0, 0.1) is 0 Å². The van der Waals surface area contributed by atoms with Crippen LogP contribution in [0.3, 0.4) is 0 Å². The van der Waals surface area contributed by atoms with Gasteiger partial charge in [-0.15, -0.1) is 0 Å². The van der Waals surface area contributed by atoms with Gasteiger partial charge in [-0.2, -0.15) is 0 Å². The third-order valence-electron chi connectivity index (χ3n) is 5.54. The first-order valence-corrected chi connectivity index (χ1v) is 12.3. The van der Waals surface area contributed by atoms with Crippen molar-refractivity contribution in [1.82, 2.24) is 4.57 Å². The molecule has 0 saturated carbocycles. The van der Waals surface area contributed by atoms with Crippen molar-refractivity contribution in [2.75, 3.05) is 20.8 Å². The molecular formula is C25H23BrN2O6S. The summed E-state index contributed by atoms with van der Waals surface area (Å²) in [5.74, 6) is 0.435. The number of ether oxygens (including phenoxy) is 3. The third-order valence-corrected chi connectivity index (χ3v) is 7.21. The van der Waals surface area contributed by atoms with E-state index in [9.17, 15) is 14.7 Å². The Morgan fingerprint density at radius 2 is 1.91 bits per heavy atom. The standard InChI is InChI=1S/C25H23BrN2O6S/c1-5-34-24(31)21-13(2)27-25-28(22(21)15-11-18(32-3)19(33-4)12-16(15)26)23(30)20(35-25)10-14-8-6-7-9-17(14)29/h6-12,22,29H,5H2,1-4H3/b20-10+/t22-/m0/s1. The van der Waals surface area contributed by atoms with Crippen LogP contribution in [0.5, 0.6) is 17.2 Å². The Hall–Kier alpha value is -3.37. The fraction of sp³-hybridized carbons (Fsp3) is 0.240. The maximum Gasteiger partial charge on any atom is 0.338 e. The van der Waals surface area contributed by atoms with Crippen LogP contribution in [0.2, 0.25) is 0 Å². The van der Waals surface area contributed by atoms with Gasteiger partial charge in [0.05, 0.1) is 42.7 Å². The number of allylic oxidation sites excluding steroid dienone is 1. The summed E-state index contributed by atoms with van der Waals surface area (Å²) in [6.07, 6.45) is 1.61. The molecule has 1 aliphatic heterocycles. The maximum absolute atomic E-state index is 13.7. The van der Waals surface area contributed by atoms with E-state index in [0.29, 0.717) is 42.1 Å². The van der Waals surface area contributed by atoms with Crippen molar-refractivity contribution in [3.63, 3.8) is 0 Å². The molecule has 0 bridgehead atoms. The van der Waals surface area contributed by atoms with E-state index in [2.05, 4.69) is 20.9 Å². The number of carbonyl (C=O) groups is 1. The molecule has 0 unspecified atom stereocenters. The molecule has 2 aromatic carbocycles. The van der Waals surface area contributed by atoms with E-state index in [-0.39, 0.29) is 23.5 Å². The molecule has 10 heteroatoms. The Kier molecular flexibility index (Phi) is 7.13. The van der Waals surface area contributed by atoms with E-state index in [4.69, 9.17) is 14.2 Å². The summed E-state index contributed by atoms with van der Waals surface area (Å²) in [6.45, 7) is 3.61. The summed E-state index contributed by atoms with van der Waals surface area (Å²) in [6, 6.07) is 9.37. The molecule has 0 amide bonds. The number of aromatic hydroxyl groups is 1. The molecule has 3 aromatic rings. The molecule has 1 aromatic heterocycles. The van der Waals surface area contributed by atoms with Gasteiger partial charge >= 0.3 is 5.97 Å². The minimum atomic E-state index is -0.828. The highest BCUT2D eigenvalue weighted by Crippen LogP contribution is 2.40. The Balaban J connectivity index is 2.03. The van der Waals surface area contributed by atoms with Gasteiger partial charge in [-0.05, 0) is 43.7 Å². The number of phenolic OH excluding ortho intramolecular Hbond substituents is 1. The van der Waals surface area contributed by atoms with Crippen LogP contribution in [-0.4, -0.2) is 36.5 Å². The van der Waals surface area contributed by atoms with Crippen LogP contribution in [-0.2, 0) is 9.53 Å². The minimum absolute atomic E-state index is 0.0564. The topological polar surface area (TPSA) is 99.4 Å². The van der Waals surface area contributed by atoms with Crippen LogP contribution >= 0.6 is 27.3 Å². The lowest BCUT2D eigenvalue weighted by molar-refractivity contribution is -0.139. The average Bonchev–Trinajstić information content (AvgIpc) is 3.14. The first kappa shape index (κ1) is 24.7. The lowest BCUT2D eigenvalue weighted by Crippen LogP contribution is -2.40. The Morgan fingerprint density at radius 1 is 1.23 bits per heavy atom. The van der Waals surface area contributed by atoms with Crippen molar-refractivity contribution in [2.24, 2.45) is 4.99 Å². The normalized spacial score (nSPS) is 15.5. The number of thiazole rings is 1. The van der Waals surface area contributed by atoms with Crippen molar-refractivity contribution in [1.29, 1.82) is 0 Å². The van der Waals surface area contributed by atoms with E-state index >= 15 is 0 Å². The number of methoxy groups -OCH3 is 2. The number of carbonyl (C=O) groups excluding carboxylic acids is 1. The van der Waals surface area contributed by atoms with E-state index in [1.807, 2.05) is 0 Å². The smallest absolute Gasteiger partial charge is 0.338 e. The zero-order valence-corrected chi connectivity index (χ0v) is 21.9. The quantitative estimate of drug-likeness (QED) is 0.466. The van der Waals surface area contributed by atoms with Crippen molar-refractivity contribution in [3.05, 3.63) is 83.0 Å². The number of para-hydroxylation sites is 1. The lowest BCUT2D eigenvalue weighted by atomic mass is 9.95. The molecule has 0 saturated heterocycles. The largest absolute Gasteiger partial charge is 0.507 e. The number of aromatic nitrogens is 1. The third kappa shape index (κ3) is 4.51. The number of benzene rings is 2. The summed E-state index contributed by atoms with van der Waals surface area (Å²) in [5, 5.41) is 10.2. The molecule has 182 valence electrons. The SMILES string of the molecule is CCOC(=O)C1=C(C)N=c2s/c(=C/c3ccccc3O)c(=O)n2[C@H]1c1cc(OC)c(OC)cc1Br. The van der Waals surface area contributed by atoms with Crippen LogP contribution in [0.15, 0.2) is 61.9 Å².